The summed E-state index contributed by atoms with van der Waals surface area (Å²) in [7, 11) is 0. The number of halogens is 1. The highest BCUT2D eigenvalue weighted by molar-refractivity contribution is 9.10. The fourth-order valence-electron chi connectivity index (χ4n) is 3.42. The van der Waals surface area contributed by atoms with Crippen LogP contribution >= 0.6 is 15.9 Å². The number of hydrogen-bond donors (Lipinski definition) is 0. The van der Waals surface area contributed by atoms with Crippen LogP contribution in [0, 0.1) is 12.8 Å². The molecule has 0 aliphatic carbocycles. The minimum Gasteiger partial charge on any atom is -0.303 e. The summed E-state index contributed by atoms with van der Waals surface area (Å²) in [6, 6.07) is 10.9. The van der Waals surface area contributed by atoms with E-state index in [1.807, 2.05) is 18.5 Å². The number of aryl methyl sites for hydroxylation is 1. The van der Waals surface area contributed by atoms with Gasteiger partial charge in [0.2, 0.25) is 0 Å². The molecule has 2 aromatic rings. The van der Waals surface area contributed by atoms with Gasteiger partial charge < -0.3 is 4.90 Å². The SMILES string of the molecule is Cc1ccc(Br)c(CC2CCN(CCc3cccnc3)CC2)c1. The van der Waals surface area contributed by atoms with Gasteiger partial charge in [0, 0.05) is 23.4 Å². The standard InChI is InChI=1S/C20H25BrN2/c1-16-4-5-20(21)19(13-16)14-17-6-10-23(11-7-17)12-8-18-3-2-9-22-15-18/h2-5,9,13,15,17H,6-8,10-12,14H2,1H3. The molecule has 3 heteroatoms. The Hall–Kier alpha value is -1.19. The third-order valence-electron chi connectivity index (χ3n) is 4.86. The number of likely N-dealkylation sites (tertiary alicyclic amines) is 1. The number of hydrogen-bond acceptors (Lipinski definition) is 2. The molecule has 1 aliphatic rings. The molecule has 1 fully saturated rings. The molecule has 0 radical (unpaired) electrons. The van der Waals surface area contributed by atoms with Gasteiger partial charge in [0.25, 0.3) is 0 Å². The second-order valence-electron chi connectivity index (χ2n) is 6.70. The highest BCUT2D eigenvalue weighted by atomic mass is 79.9. The lowest BCUT2D eigenvalue weighted by molar-refractivity contribution is 0.186. The predicted octanol–water partition coefficient (Wildman–Crippen LogP) is 4.65. The van der Waals surface area contributed by atoms with Crippen LogP contribution in [0.25, 0.3) is 0 Å². The zero-order chi connectivity index (χ0) is 16.1. The normalized spacial score (nSPS) is 16.6. The van der Waals surface area contributed by atoms with Gasteiger partial charge in [0.05, 0.1) is 0 Å². The monoisotopic (exact) mass is 372 g/mol. The van der Waals surface area contributed by atoms with E-state index in [0.29, 0.717) is 0 Å². The zero-order valence-electron chi connectivity index (χ0n) is 13.8. The van der Waals surface area contributed by atoms with E-state index in [0.717, 1.165) is 18.9 Å². The molecule has 0 spiro atoms. The summed E-state index contributed by atoms with van der Waals surface area (Å²) in [4.78, 5) is 6.81. The van der Waals surface area contributed by atoms with Gasteiger partial charge in [-0.2, -0.15) is 0 Å². The smallest absolute Gasteiger partial charge is 0.0300 e. The molecule has 1 aromatic heterocycles. The van der Waals surface area contributed by atoms with Gasteiger partial charge >= 0.3 is 0 Å². The van der Waals surface area contributed by atoms with E-state index in [1.165, 1.54) is 53.5 Å². The van der Waals surface area contributed by atoms with Gasteiger partial charge in [-0.25, -0.2) is 0 Å². The lowest BCUT2D eigenvalue weighted by Crippen LogP contribution is -2.35. The van der Waals surface area contributed by atoms with Gasteiger partial charge in [0.15, 0.2) is 0 Å². The Labute approximate surface area is 148 Å². The second kappa shape index (κ2) is 8.07. The van der Waals surface area contributed by atoms with Crippen LogP contribution in [0.1, 0.15) is 29.5 Å². The lowest BCUT2D eigenvalue weighted by atomic mass is 9.89. The average molecular weight is 373 g/mol. The first-order valence-electron chi connectivity index (χ1n) is 8.57. The molecule has 0 unspecified atom stereocenters. The van der Waals surface area contributed by atoms with Crippen LogP contribution in [0.4, 0.5) is 0 Å². The topological polar surface area (TPSA) is 16.1 Å². The van der Waals surface area contributed by atoms with Crippen molar-refractivity contribution in [1.82, 2.24) is 9.88 Å². The summed E-state index contributed by atoms with van der Waals surface area (Å²) < 4.78 is 1.27. The molecule has 0 bridgehead atoms. The Morgan fingerprint density at radius 1 is 1.22 bits per heavy atom. The molecule has 0 N–H and O–H groups in total. The molecular weight excluding hydrogens is 348 g/mol. The highest BCUT2D eigenvalue weighted by Crippen LogP contribution is 2.26. The molecule has 1 aliphatic heterocycles. The number of pyridine rings is 1. The van der Waals surface area contributed by atoms with Crippen molar-refractivity contribution in [2.45, 2.75) is 32.6 Å². The molecule has 2 heterocycles. The number of benzene rings is 1. The van der Waals surface area contributed by atoms with Crippen molar-refractivity contribution in [3.8, 4) is 0 Å². The Bertz CT molecular complexity index is 619. The molecule has 0 saturated carbocycles. The molecule has 2 nitrogen and oxygen atoms in total. The van der Waals surface area contributed by atoms with Crippen molar-refractivity contribution in [3.63, 3.8) is 0 Å². The van der Waals surface area contributed by atoms with Crippen molar-refractivity contribution >= 4 is 15.9 Å². The van der Waals surface area contributed by atoms with E-state index >= 15 is 0 Å². The molecular formula is C20H25BrN2. The van der Waals surface area contributed by atoms with Gasteiger partial charge in [-0.15, -0.1) is 0 Å². The summed E-state index contributed by atoms with van der Waals surface area (Å²) in [5, 5.41) is 0. The van der Waals surface area contributed by atoms with Gasteiger partial charge in [-0.05, 0) is 74.9 Å². The first-order valence-corrected chi connectivity index (χ1v) is 9.36. The highest BCUT2D eigenvalue weighted by Gasteiger charge is 2.20. The summed E-state index contributed by atoms with van der Waals surface area (Å²) in [5.74, 6) is 0.822. The summed E-state index contributed by atoms with van der Waals surface area (Å²) >= 11 is 3.70. The molecule has 0 amide bonds. The van der Waals surface area contributed by atoms with Crippen molar-refractivity contribution in [3.05, 3.63) is 63.9 Å². The third-order valence-corrected chi connectivity index (χ3v) is 5.63. The number of nitrogens with zero attached hydrogens (tertiary/aromatic N) is 2. The van der Waals surface area contributed by atoms with Crippen molar-refractivity contribution in [2.24, 2.45) is 5.92 Å². The largest absolute Gasteiger partial charge is 0.303 e. The first kappa shape index (κ1) is 16.7. The maximum atomic E-state index is 4.20. The van der Waals surface area contributed by atoms with E-state index in [-0.39, 0.29) is 0 Å². The van der Waals surface area contributed by atoms with E-state index in [4.69, 9.17) is 0 Å². The van der Waals surface area contributed by atoms with Crippen LogP contribution in [0.3, 0.4) is 0 Å². The average Bonchev–Trinajstić information content (AvgIpc) is 2.58. The number of rotatable bonds is 5. The molecule has 1 aromatic carbocycles. The maximum Gasteiger partial charge on any atom is 0.0300 e. The first-order chi connectivity index (χ1) is 11.2. The van der Waals surface area contributed by atoms with E-state index in [1.54, 1.807) is 0 Å². The third kappa shape index (κ3) is 4.89. The van der Waals surface area contributed by atoms with Crippen molar-refractivity contribution in [1.29, 1.82) is 0 Å². The van der Waals surface area contributed by atoms with Gasteiger partial charge in [-0.3, -0.25) is 4.98 Å². The van der Waals surface area contributed by atoms with Crippen LogP contribution in [0.2, 0.25) is 0 Å². The Balaban J connectivity index is 1.46. The minimum atomic E-state index is 0.822. The minimum absolute atomic E-state index is 0.822. The van der Waals surface area contributed by atoms with E-state index < -0.39 is 0 Å². The fraction of sp³-hybridized carbons (Fsp3) is 0.450. The summed E-state index contributed by atoms with van der Waals surface area (Å²) in [6.07, 6.45) is 8.78. The number of piperidine rings is 1. The van der Waals surface area contributed by atoms with Crippen molar-refractivity contribution < 1.29 is 0 Å². The maximum absolute atomic E-state index is 4.20. The quantitative estimate of drug-likeness (QED) is 0.759. The van der Waals surface area contributed by atoms with Crippen LogP contribution < -0.4 is 0 Å². The predicted molar refractivity (Wildman–Crippen MR) is 99.7 cm³/mol. The summed E-state index contributed by atoms with van der Waals surface area (Å²) in [6.45, 7) is 5.80. The van der Waals surface area contributed by atoms with Gasteiger partial charge in [0.1, 0.15) is 0 Å². The summed E-state index contributed by atoms with van der Waals surface area (Å²) in [5.41, 5.74) is 4.18. The van der Waals surface area contributed by atoms with E-state index in [9.17, 15) is 0 Å². The van der Waals surface area contributed by atoms with Crippen LogP contribution in [0.15, 0.2) is 47.2 Å². The Morgan fingerprint density at radius 3 is 2.78 bits per heavy atom. The Morgan fingerprint density at radius 2 is 2.04 bits per heavy atom. The lowest BCUT2D eigenvalue weighted by Gasteiger charge is -2.32. The van der Waals surface area contributed by atoms with E-state index in [2.05, 4.69) is 57.0 Å². The van der Waals surface area contributed by atoms with Crippen LogP contribution in [0.5, 0.6) is 0 Å². The number of aromatic nitrogens is 1. The molecule has 0 atom stereocenters. The molecule has 3 rings (SSSR count). The van der Waals surface area contributed by atoms with Crippen molar-refractivity contribution in [2.75, 3.05) is 19.6 Å². The zero-order valence-corrected chi connectivity index (χ0v) is 15.4. The van der Waals surface area contributed by atoms with Crippen LogP contribution in [-0.4, -0.2) is 29.5 Å². The van der Waals surface area contributed by atoms with Crippen LogP contribution in [-0.2, 0) is 12.8 Å². The molecule has 122 valence electrons. The fourth-order valence-corrected chi connectivity index (χ4v) is 3.83. The molecule has 1 saturated heterocycles. The Kier molecular flexibility index (Phi) is 5.85. The van der Waals surface area contributed by atoms with Gasteiger partial charge in [-0.1, -0.05) is 39.7 Å². The second-order valence-corrected chi connectivity index (χ2v) is 7.55. The molecule has 23 heavy (non-hydrogen) atoms.